The molecule has 80 valence electrons. The predicted octanol–water partition coefficient (Wildman–Crippen LogP) is 1.67. The van der Waals surface area contributed by atoms with Crippen molar-refractivity contribution in [1.29, 1.82) is 0 Å². The third kappa shape index (κ3) is 1.51. The van der Waals surface area contributed by atoms with Crippen molar-refractivity contribution in [2.45, 2.75) is 12.1 Å². The van der Waals surface area contributed by atoms with Gasteiger partial charge in [-0.05, 0) is 19.1 Å². The van der Waals surface area contributed by atoms with Gasteiger partial charge in [-0.15, -0.1) is 10.2 Å². The second kappa shape index (κ2) is 3.71. The fraction of sp³-hybridized carbons (Fsp3) is 0.200. The molecule has 0 spiro atoms. The molecule has 0 atom stereocenters. The van der Waals surface area contributed by atoms with E-state index < -0.39 is 0 Å². The highest BCUT2D eigenvalue weighted by Gasteiger charge is 2.17. The van der Waals surface area contributed by atoms with E-state index in [4.69, 9.17) is 0 Å². The molecule has 0 bridgehead atoms. The number of aromatic nitrogens is 4. The van der Waals surface area contributed by atoms with Gasteiger partial charge in [-0.25, -0.2) is 0 Å². The van der Waals surface area contributed by atoms with Gasteiger partial charge in [0.15, 0.2) is 5.82 Å². The van der Waals surface area contributed by atoms with E-state index in [1.165, 1.54) is 0 Å². The van der Waals surface area contributed by atoms with E-state index in [-0.39, 0.29) is 0 Å². The Balaban J connectivity index is 2.15. The molecule has 0 aliphatic carbocycles. The average Bonchev–Trinajstić information content (AvgIpc) is 2.73. The second-order valence-corrected chi connectivity index (χ2v) is 4.43. The van der Waals surface area contributed by atoms with Crippen molar-refractivity contribution in [2.24, 2.45) is 5.10 Å². The standard InChI is InChI=1S/C10H9N5S/c1-7-6-16-10-13-12-9(15(10)14-7)8-3-2-4-11-5-8/h2-5H,6H2,1H3. The molecule has 0 fully saturated rings. The van der Waals surface area contributed by atoms with E-state index >= 15 is 0 Å². The van der Waals surface area contributed by atoms with Crippen molar-refractivity contribution in [3.63, 3.8) is 0 Å². The van der Waals surface area contributed by atoms with Crippen molar-refractivity contribution in [3.8, 4) is 11.4 Å². The first-order valence-corrected chi connectivity index (χ1v) is 5.86. The second-order valence-electron chi connectivity index (χ2n) is 3.48. The van der Waals surface area contributed by atoms with Crippen LogP contribution in [-0.4, -0.2) is 31.3 Å². The molecule has 0 amide bonds. The zero-order valence-corrected chi connectivity index (χ0v) is 9.48. The van der Waals surface area contributed by atoms with Crippen molar-refractivity contribution in [2.75, 3.05) is 5.75 Å². The number of pyridine rings is 1. The summed E-state index contributed by atoms with van der Waals surface area (Å²) in [6.45, 7) is 2.00. The van der Waals surface area contributed by atoms with Gasteiger partial charge in [-0.1, -0.05) is 11.8 Å². The maximum Gasteiger partial charge on any atom is 0.212 e. The van der Waals surface area contributed by atoms with Crippen LogP contribution in [0.15, 0.2) is 34.8 Å². The fourth-order valence-electron chi connectivity index (χ4n) is 1.49. The summed E-state index contributed by atoms with van der Waals surface area (Å²) in [5, 5.41) is 13.5. The SMILES string of the molecule is CC1=Nn2c(nnc2-c2cccnc2)SC1. The highest BCUT2D eigenvalue weighted by atomic mass is 32.2. The summed E-state index contributed by atoms with van der Waals surface area (Å²) < 4.78 is 1.78. The van der Waals surface area contributed by atoms with Gasteiger partial charge in [-0.3, -0.25) is 4.98 Å². The molecule has 1 aliphatic rings. The molecule has 0 radical (unpaired) electrons. The molecule has 0 aromatic carbocycles. The molecule has 6 heteroatoms. The molecule has 16 heavy (non-hydrogen) atoms. The van der Waals surface area contributed by atoms with E-state index in [9.17, 15) is 0 Å². The van der Waals surface area contributed by atoms with Gasteiger partial charge in [-0.2, -0.15) is 9.78 Å². The lowest BCUT2D eigenvalue weighted by Gasteiger charge is -2.10. The van der Waals surface area contributed by atoms with Crippen LogP contribution in [0.5, 0.6) is 0 Å². The fourth-order valence-corrected chi connectivity index (χ4v) is 2.23. The molecular formula is C10H9N5S. The van der Waals surface area contributed by atoms with Crippen LogP contribution in [0.1, 0.15) is 6.92 Å². The lowest BCUT2D eigenvalue weighted by atomic mass is 10.3. The Morgan fingerprint density at radius 1 is 1.38 bits per heavy atom. The molecule has 0 saturated heterocycles. The Labute approximate surface area is 96.6 Å². The van der Waals surface area contributed by atoms with Gasteiger partial charge in [0.25, 0.3) is 0 Å². The topological polar surface area (TPSA) is 56.0 Å². The number of hydrogen-bond donors (Lipinski definition) is 0. The number of nitrogens with zero attached hydrogens (tertiary/aromatic N) is 5. The first-order chi connectivity index (χ1) is 7.84. The van der Waals surface area contributed by atoms with Crippen LogP contribution in [0.4, 0.5) is 0 Å². The summed E-state index contributed by atoms with van der Waals surface area (Å²) in [6.07, 6.45) is 3.50. The van der Waals surface area contributed by atoms with Gasteiger partial charge < -0.3 is 0 Å². The summed E-state index contributed by atoms with van der Waals surface area (Å²) >= 11 is 1.65. The Hall–Kier alpha value is -1.69. The van der Waals surface area contributed by atoms with Gasteiger partial charge in [0.05, 0.1) is 0 Å². The molecule has 5 nitrogen and oxygen atoms in total. The third-order valence-corrected chi connectivity index (χ3v) is 3.29. The minimum absolute atomic E-state index is 0.745. The minimum atomic E-state index is 0.745. The van der Waals surface area contributed by atoms with Crippen LogP contribution in [-0.2, 0) is 0 Å². The Kier molecular flexibility index (Phi) is 2.21. The predicted molar refractivity (Wildman–Crippen MR) is 62.5 cm³/mol. The quantitative estimate of drug-likeness (QED) is 0.749. The van der Waals surface area contributed by atoms with Crippen molar-refractivity contribution >= 4 is 17.5 Å². The zero-order chi connectivity index (χ0) is 11.0. The Bertz CT molecular complexity index is 546. The number of fused-ring (bicyclic) bond motifs is 1. The molecular weight excluding hydrogens is 222 g/mol. The van der Waals surface area contributed by atoms with Crippen LogP contribution in [0.2, 0.25) is 0 Å². The summed E-state index contributed by atoms with van der Waals surface area (Å²) in [5.41, 5.74) is 2.00. The molecule has 1 aliphatic heterocycles. The van der Waals surface area contributed by atoms with Crippen LogP contribution >= 0.6 is 11.8 Å². The lowest BCUT2D eigenvalue weighted by molar-refractivity contribution is 0.761. The highest BCUT2D eigenvalue weighted by Crippen LogP contribution is 2.26. The third-order valence-electron chi connectivity index (χ3n) is 2.21. The first kappa shape index (κ1) is 9.53. The molecule has 3 heterocycles. The molecule has 0 unspecified atom stereocenters. The lowest BCUT2D eigenvalue weighted by Crippen LogP contribution is -2.08. The number of rotatable bonds is 1. The normalized spacial score (nSPS) is 14.4. The molecule has 0 saturated carbocycles. The van der Waals surface area contributed by atoms with Crippen LogP contribution in [0.3, 0.4) is 0 Å². The van der Waals surface area contributed by atoms with Gasteiger partial charge >= 0.3 is 0 Å². The average molecular weight is 231 g/mol. The monoisotopic (exact) mass is 231 g/mol. The van der Waals surface area contributed by atoms with Gasteiger partial charge in [0.1, 0.15) is 0 Å². The summed E-state index contributed by atoms with van der Waals surface area (Å²) in [6, 6.07) is 3.83. The van der Waals surface area contributed by atoms with Crippen molar-refractivity contribution in [3.05, 3.63) is 24.5 Å². The van der Waals surface area contributed by atoms with E-state index in [0.29, 0.717) is 0 Å². The van der Waals surface area contributed by atoms with Gasteiger partial charge in [0, 0.05) is 29.4 Å². The maximum absolute atomic E-state index is 4.44. The smallest absolute Gasteiger partial charge is 0.212 e. The van der Waals surface area contributed by atoms with Crippen LogP contribution < -0.4 is 0 Å². The number of hydrogen-bond acceptors (Lipinski definition) is 5. The van der Waals surface area contributed by atoms with E-state index in [0.717, 1.165) is 28.0 Å². The summed E-state index contributed by atoms with van der Waals surface area (Å²) in [7, 11) is 0. The first-order valence-electron chi connectivity index (χ1n) is 4.87. The molecule has 2 aromatic rings. The van der Waals surface area contributed by atoms with Crippen molar-refractivity contribution < 1.29 is 0 Å². The summed E-state index contributed by atoms with van der Waals surface area (Å²) in [4.78, 5) is 4.07. The Morgan fingerprint density at radius 3 is 3.12 bits per heavy atom. The summed E-state index contributed by atoms with van der Waals surface area (Å²) in [5.74, 6) is 1.63. The number of thioether (sulfide) groups is 1. The highest BCUT2D eigenvalue weighted by molar-refractivity contribution is 7.99. The van der Waals surface area contributed by atoms with Gasteiger partial charge in [0.2, 0.25) is 5.16 Å². The van der Waals surface area contributed by atoms with E-state index in [1.807, 2.05) is 19.1 Å². The molecule has 0 N–H and O–H groups in total. The Morgan fingerprint density at radius 2 is 2.31 bits per heavy atom. The van der Waals surface area contributed by atoms with Crippen LogP contribution in [0.25, 0.3) is 11.4 Å². The van der Waals surface area contributed by atoms with E-state index in [1.54, 1.807) is 28.8 Å². The minimum Gasteiger partial charge on any atom is -0.264 e. The van der Waals surface area contributed by atoms with Crippen LogP contribution in [0, 0.1) is 0 Å². The maximum atomic E-state index is 4.44. The zero-order valence-electron chi connectivity index (χ0n) is 8.66. The van der Waals surface area contributed by atoms with E-state index in [2.05, 4.69) is 20.3 Å². The molecule has 3 rings (SSSR count). The molecule has 2 aromatic heterocycles. The van der Waals surface area contributed by atoms with Crippen molar-refractivity contribution in [1.82, 2.24) is 19.9 Å². The largest absolute Gasteiger partial charge is 0.264 e.